The number of nitrogens with one attached hydrogen (secondary N) is 1. The minimum Gasteiger partial charge on any atom is -0.317 e. The minimum atomic E-state index is 1.04. The second-order valence-corrected chi connectivity index (χ2v) is 6.52. The molecule has 0 amide bonds. The summed E-state index contributed by atoms with van der Waals surface area (Å²) in [4.78, 5) is 0. The molecule has 1 heteroatoms. The van der Waals surface area contributed by atoms with Crippen molar-refractivity contribution in [2.45, 2.75) is 96.8 Å². The second kappa shape index (κ2) is 13.0. The van der Waals surface area contributed by atoms with Gasteiger partial charge in [0.1, 0.15) is 0 Å². The molecule has 19 heavy (non-hydrogen) atoms. The van der Waals surface area contributed by atoms with Gasteiger partial charge in [0.05, 0.1) is 0 Å². The van der Waals surface area contributed by atoms with E-state index in [-0.39, 0.29) is 0 Å². The van der Waals surface area contributed by atoms with E-state index in [4.69, 9.17) is 0 Å². The van der Waals surface area contributed by atoms with E-state index in [1.54, 1.807) is 0 Å². The first-order valence-electron chi connectivity index (χ1n) is 9.14. The fourth-order valence-electron chi connectivity index (χ4n) is 3.32. The molecular weight excluding hydrogens is 230 g/mol. The van der Waals surface area contributed by atoms with Gasteiger partial charge in [0.15, 0.2) is 0 Å². The molecular formula is C18H37N. The third kappa shape index (κ3) is 10.4. The Kier molecular flexibility index (Phi) is 11.6. The summed E-state index contributed by atoms with van der Waals surface area (Å²) in [5.74, 6) is 1.04. The average Bonchev–Trinajstić information content (AvgIpc) is 2.44. The van der Waals surface area contributed by atoms with Crippen LogP contribution in [0.25, 0.3) is 0 Å². The van der Waals surface area contributed by atoms with E-state index >= 15 is 0 Å². The van der Waals surface area contributed by atoms with Gasteiger partial charge in [0.2, 0.25) is 0 Å². The summed E-state index contributed by atoms with van der Waals surface area (Å²) < 4.78 is 0. The van der Waals surface area contributed by atoms with E-state index in [9.17, 15) is 0 Å². The molecule has 1 N–H and O–H groups in total. The van der Waals surface area contributed by atoms with E-state index in [0.29, 0.717) is 0 Å². The Morgan fingerprint density at radius 2 is 1.42 bits per heavy atom. The Bertz CT molecular complexity index is 169. The summed E-state index contributed by atoms with van der Waals surface area (Å²) in [5, 5.41) is 3.57. The third-order valence-electron chi connectivity index (χ3n) is 4.65. The molecule has 1 fully saturated rings. The SMILES string of the molecule is CCCCCCCCCC1CCCCCNCCC1. The first-order chi connectivity index (χ1) is 9.43. The minimum absolute atomic E-state index is 1.04. The van der Waals surface area contributed by atoms with Crippen molar-refractivity contribution in [2.75, 3.05) is 13.1 Å². The Morgan fingerprint density at radius 1 is 0.737 bits per heavy atom. The zero-order valence-corrected chi connectivity index (χ0v) is 13.4. The number of unbranched alkanes of at least 4 members (excludes halogenated alkanes) is 6. The van der Waals surface area contributed by atoms with Crippen molar-refractivity contribution >= 4 is 0 Å². The standard InChI is InChI=1S/C18H37N/c1-2-3-4-5-6-7-9-13-18-14-10-8-11-16-19-17-12-15-18/h18-19H,2-17H2,1H3. The van der Waals surface area contributed by atoms with Crippen LogP contribution < -0.4 is 5.32 Å². The smallest absolute Gasteiger partial charge is 0.00488 e. The maximum absolute atomic E-state index is 3.57. The summed E-state index contributed by atoms with van der Waals surface area (Å²) in [6.45, 7) is 4.81. The van der Waals surface area contributed by atoms with Gasteiger partial charge in [-0.3, -0.25) is 0 Å². The molecule has 0 radical (unpaired) electrons. The molecule has 1 aliphatic rings. The van der Waals surface area contributed by atoms with Crippen LogP contribution in [0.1, 0.15) is 96.8 Å². The highest BCUT2D eigenvalue weighted by molar-refractivity contribution is 4.64. The summed E-state index contributed by atoms with van der Waals surface area (Å²) in [6, 6.07) is 0. The molecule has 1 rings (SSSR count). The van der Waals surface area contributed by atoms with Crippen LogP contribution in [0.4, 0.5) is 0 Å². The Morgan fingerprint density at radius 3 is 2.26 bits per heavy atom. The molecule has 0 bridgehead atoms. The van der Waals surface area contributed by atoms with Crippen LogP contribution in [-0.2, 0) is 0 Å². The molecule has 114 valence electrons. The summed E-state index contributed by atoms with van der Waals surface area (Å²) >= 11 is 0. The van der Waals surface area contributed by atoms with Crippen molar-refractivity contribution < 1.29 is 0 Å². The maximum atomic E-state index is 3.57. The molecule has 1 atom stereocenters. The fourth-order valence-corrected chi connectivity index (χ4v) is 3.32. The quantitative estimate of drug-likeness (QED) is 0.557. The van der Waals surface area contributed by atoms with Crippen molar-refractivity contribution in [1.82, 2.24) is 5.32 Å². The van der Waals surface area contributed by atoms with Gasteiger partial charge >= 0.3 is 0 Å². The molecule has 1 heterocycles. The summed E-state index contributed by atoms with van der Waals surface area (Å²) in [7, 11) is 0. The zero-order chi connectivity index (χ0) is 13.6. The van der Waals surface area contributed by atoms with Crippen molar-refractivity contribution in [2.24, 2.45) is 5.92 Å². The Labute approximate surface area is 121 Å². The van der Waals surface area contributed by atoms with Gasteiger partial charge in [0, 0.05) is 0 Å². The van der Waals surface area contributed by atoms with Gasteiger partial charge in [-0.25, -0.2) is 0 Å². The normalized spacial score (nSPS) is 22.3. The molecule has 1 unspecified atom stereocenters. The van der Waals surface area contributed by atoms with Crippen molar-refractivity contribution in [1.29, 1.82) is 0 Å². The summed E-state index contributed by atoms with van der Waals surface area (Å²) in [6.07, 6.45) is 20.4. The van der Waals surface area contributed by atoms with Crippen LogP contribution in [0, 0.1) is 5.92 Å². The molecule has 0 spiro atoms. The van der Waals surface area contributed by atoms with Gasteiger partial charge in [-0.15, -0.1) is 0 Å². The molecule has 0 aliphatic carbocycles. The molecule has 1 saturated heterocycles. The molecule has 0 aromatic rings. The van der Waals surface area contributed by atoms with Gasteiger partial charge in [-0.1, -0.05) is 77.6 Å². The van der Waals surface area contributed by atoms with Gasteiger partial charge in [-0.2, -0.15) is 0 Å². The van der Waals surface area contributed by atoms with Crippen molar-refractivity contribution in [3.8, 4) is 0 Å². The predicted octanol–water partition coefficient (Wildman–Crippen LogP) is 5.69. The third-order valence-corrected chi connectivity index (χ3v) is 4.65. The van der Waals surface area contributed by atoms with E-state index in [1.807, 2.05) is 0 Å². The van der Waals surface area contributed by atoms with E-state index in [1.165, 1.54) is 103 Å². The van der Waals surface area contributed by atoms with E-state index in [2.05, 4.69) is 12.2 Å². The Balaban J connectivity index is 1.98. The molecule has 1 nitrogen and oxygen atoms in total. The van der Waals surface area contributed by atoms with Gasteiger partial charge in [0.25, 0.3) is 0 Å². The highest BCUT2D eigenvalue weighted by Gasteiger charge is 2.09. The van der Waals surface area contributed by atoms with Gasteiger partial charge in [-0.05, 0) is 38.3 Å². The molecule has 0 aromatic carbocycles. The van der Waals surface area contributed by atoms with Crippen molar-refractivity contribution in [3.05, 3.63) is 0 Å². The summed E-state index contributed by atoms with van der Waals surface area (Å²) in [5.41, 5.74) is 0. The lowest BCUT2D eigenvalue weighted by Gasteiger charge is -2.18. The van der Waals surface area contributed by atoms with Crippen LogP contribution in [0.3, 0.4) is 0 Å². The van der Waals surface area contributed by atoms with Crippen molar-refractivity contribution in [3.63, 3.8) is 0 Å². The number of hydrogen-bond donors (Lipinski definition) is 1. The van der Waals surface area contributed by atoms with Gasteiger partial charge < -0.3 is 5.32 Å². The lowest BCUT2D eigenvalue weighted by molar-refractivity contribution is 0.360. The predicted molar refractivity (Wildman–Crippen MR) is 86.7 cm³/mol. The largest absolute Gasteiger partial charge is 0.317 e. The van der Waals surface area contributed by atoms with Crippen LogP contribution in [0.15, 0.2) is 0 Å². The monoisotopic (exact) mass is 267 g/mol. The van der Waals surface area contributed by atoms with Crippen LogP contribution in [0.2, 0.25) is 0 Å². The molecule has 0 aromatic heterocycles. The lowest BCUT2D eigenvalue weighted by atomic mass is 9.90. The van der Waals surface area contributed by atoms with Crippen LogP contribution in [-0.4, -0.2) is 13.1 Å². The van der Waals surface area contributed by atoms with Crippen LogP contribution >= 0.6 is 0 Å². The zero-order valence-electron chi connectivity index (χ0n) is 13.4. The number of rotatable bonds is 8. The average molecular weight is 268 g/mol. The number of hydrogen-bond acceptors (Lipinski definition) is 1. The fraction of sp³-hybridized carbons (Fsp3) is 1.00. The molecule has 1 aliphatic heterocycles. The first-order valence-corrected chi connectivity index (χ1v) is 9.14. The van der Waals surface area contributed by atoms with E-state index < -0.39 is 0 Å². The van der Waals surface area contributed by atoms with E-state index in [0.717, 1.165) is 5.92 Å². The Hall–Kier alpha value is -0.0400. The highest BCUT2D eigenvalue weighted by atomic mass is 14.8. The maximum Gasteiger partial charge on any atom is -0.00488 e. The topological polar surface area (TPSA) is 12.0 Å². The second-order valence-electron chi connectivity index (χ2n) is 6.52. The van der Waals surface area contributed by atoms with Crippen LogP contribution in [0.5, 0.6) is 0 Å². The molecule has 0 saturated carbocycles. The highest BCUT2D eigenvalue weighted by Crippen LogP contribution is 2.23. The first kappa shape index (κ1) is 17.0. The lowest BCUT2D eigenvalue weighted by Crippen LogP contribution is -2.19.